The number of amides is 2. The Morgan fingerprint density at radius 3 is 2.56 bits per heavy atom. The van der Waals surface area contributed by atoms with Crippen molar-refractivity contribution in [2.24, 2.45) is 11.8 Å². The Kier molecular flexibility index (Phi) is 4.10. The second-order valence-corrected chi connectivity index (χ2v) is 8.58. The van der Waals surface area contributed by atoms with Gasteiger partial charge in [0.1, 0.15) is 0 Å². The summed E-state index contributed by atoms with van der Waals surface area (Å²) in [6.45, 7) is 2.21. The summed E-state index contributed by atoms with van der Waals surface area (Å²) in [6, 6.07) is 0. The van der Waals surface area contributed by atoms with Crippen LogP contribution in [0.4, 0.5) is 0 Å². The number of imidazole rings is 1. The van der Waals surface area contributed by atoms with Gasteiger partial charge in [-0.3, -0.25) is 9.59 Å². The number of hydrogen-bond acceptors (Lipinski definition) is 3. The molecule has 0 bridgehead atoms. The molecular weight excluding hydrogens is 340 g/mol. The number of nitrogens with zero attached hydrogens (tertiary/aromatic N) is 3. The van der Waals surface area contributed by atoms with Crippen molar-refractivity contribution in [3.8, 4) is 0 Å². The Balaban J connectivity index is 1.37. The molecule has 1 aromatic rings. The number of aromatic amines is 1. The van der Waals surface area contributed by atoms with Gasteiger partial charge in [-0.15, -0.1) is 0 Å². The lowest BCUT2D eigenvalue weighted by Gasteiger charge is -2.51. The molecule has 2 fully saturated rings. The van der Waals surface area contributed by atoms with Crippen molar-refractivity contribution in [1.82, 2.24) is 19.8 Å². The van der Waals surface area contributed by atoms with Crippen LogP contribution >= 0.6 is 0 Å². The minimum atomic E-state index is -0.323. The maximum atomic E-state index is 13.0. The van der Waals surface area contributed by atoms with Crippen LogP contribution in [0.1, 0.15) is 56.3 Å². The van der Waals surface area contributed by atoms with E-state index in [9.17, 15) is 9.59 Å². The monoisotopic (exact) mass is 368 g/mol. The standard InChI is InChI=1S/C21H28N4O2/c26-19(15-4-2-1-3-5-15)24-12-9-21(10-13-24)18-17(22-14-23-18)8-11-25(21)20(27)16-6-7-16/h1-2,14-16H,3-13H2,(H,22,23). The Morgan fingerprint density at radius 2 is 1.85 bits per heavy atom. The molecule has 1 spiro atoms. The molecule has 2 aliphatic carbocycles. The van der Waals surface area contributed by atoms with Gasteiger partial charge in [0, 0.05) is 43.6 Å². The van der Waals surface area contributed by atoms with Gasteiger partial charge >= 0.3 is 0 Å². The number of H-pyrrole nitrogens is 1. The van der Waals surface area contributed by atoms with E-state index in [-0.39, 0.29) is 17.4 Å². The Bertz CT molecular complexity index is 771. The molecule has 1 aromatic heterocycles. The number of allylic oxidation sites excluding steroid dienone is 2. The summed E-state index contributed by atoms with van der Waals surface area (Å²) in [7, 11) is 0. The highest BCUT2D eigenvalue weighted by Crippen LogP contribution is 2.45. The first kappa shape index (κ1) is 17.0. The summed E-state index contributed by atoms with van der Waals surface area (Å²) < 4.78 is 0. The van der Waals surface area contributed by atoms with Crippen LogP contribution in [0.3, 0.4) is 0 Å². The summed E-state index contributed by atoms with van der Waals surface area (Å²) in [6.07, 6.45) is 13.4. The molecule has 2 aliphatic heterocycles. The normalized spacial score (nSPS) is 26.9. The summed E-state index contributed by atoms with van der Waals surface area (Å²) in [5.74, 6) is 0.963. The Hall–Kier alpha value is -2.11. The van der Waals surface area contributed by atoms with Crippen LogP contribution in [0.5, 0.6) is 0 Å². The lowest BCUT2D eigenvalue weighted by atomic mass is 9.78. The zero-order valence-electron chi connectivity index (χ0n) is 15.8. The molecule has 3 heterocycles. The molecule has 1 atom stereocenters. The number of carbonyl (C=O) groups is 2. The summed E-state index contributed by atoms with van der Waals surface area (Å²) in [5, 5.41) is 0. The molecule has 6 heteroatoms. The van der Waals surface area contributed by atoms with Crippen LogP contribution in [-0.4, -0.2) is 51.2 Å². The molecule has 27 heavy (non-hydrogen) atoms. The van der Waals surface area contributed by atoms with E-state index in [1.807, 2.05) is 4.90 Å². The molecule has 1 saturated heterocycles. The smallest absolute Gasteiger partial charge is 0.226 e. The second-order valence-electron chi connectivity index (χ2n) is 8.58. The van der Waals surface area contributed by atoms with Gasteiger partial charge in [0.2, 0.25) is 11.8 Å². The van der Waals surface area contributed by atoms with E-state index in [4.69, 9.17) is 0 Å². The first-order valence-electron chi connectivity index (χ1n) is 10.5. The van der Waals surface area contributed by atoms with Gasteiger partial charge in [0.05, 0.1) is 17.6 Å². The maximum Gasteiger partial charge on any atom is 0.226 e. The number of likely N-dealkylation sites (tertiary alicyclic amines) is 1. The van der Waals surface area contributed by atoms with Gasteiger partial charge in [-0.2, -0.15) is 0 Å². The van der Waals surface area contributed by atoms with Crippen LogP contribution in [0.2, 0.25) is 0 Å². The highest BCUT2D eigenvalue weighted by Gasteiger charge is 2.51. The molecular formula is C21H28N4O2. The number of nitrogens with one attached hydrogen (secondary N) is 1. The molecule has 1 unspecified atom stereocenters. The molecule has 6 nitrogen and oxygen atoms in total. The number of aromatic nitrogens is 2. The van der Waals surface area contributed by atoms with E-state index in [1.54, 1.807) is 6.33 Å². The van der Waals surface area contributed by atoms with Crippen molar-refractivity contribution >= 4 is 11.8 Å². The van der Waals surface area contributed by atoms with Gasteiger partial charge in [-0.1, -0.05) is 12.2 Å². The van der Waals surface area contributed by atoms with Crippen LogP contribution in [-0.2, 0) is 21.5 Å². The Morgan fingerprint density at radius 1 is 1.04 bits per heavy atom. The molecule has 0 radical (unpaired) electrons. The van der Waals surface area contributed by atoms with Crippen molar-refractivity contribution in [1.29, 1.82) is 0 Å². The van der Waals surface area contributed by atoms with E-state index < -0.39 is 0 Å². The molecule has 5 rings (SSSR count). The van der Waals surface area contributed by atoms with Crippen LogP contribution < -0.4 is 0 Å². The van der Waals surface area contributed by atoms with E-state index in [0.717, 1.165) is 76.7 Å². The zero-order chi connectivity index (χ0) is 18.4. The van der Waals surface area contributed by atoms with Crippen LogP contribution in [0.15, 0.2) is 18.5 Å². The minimum absolute atomic E-state index is 0.139. The number of carbonyl (C=O) groups excluding carboxylic acids is 2. The van der Waals surface area contributed by atoms with E-state index in [1.165, 1.54) is 5.69 Å². The maximum absolute atomic E-state index is 13.0. The van der Waals surface area contributed by atoms with Crippen molar-refractivity contribution in [2.45, 2.75) is 56.9 Å². The third kappa shape index (κ3) is 2.80. The third-order valence-electron chi connectivity index (χ3n) is 6.97. The average Bonchev–Trinajstić information content (AvgIpc) is 3.45. The fourth-order valence-corrected chi connectivity index (χ4v) is 5.23. The van der Waals surface area contributed by atoms with Crippen LogP contribution in [0, 0.1) is 11.8 Å². The van der Waals surface area contributed by atoms with E-state index in [2.05, 4.69) is 27.0 Å². The lowest BCUT2D eigenvalue weighted by Crippen LogP contribution is -2.59. The Labute approximate surface area is 160 Å². The van der Waals surface area contributed by atoms with Crippen molar-refractivity contribution in [3.63, 3.8) is 0 Å². The summed E-state index contributed by atoms with van der Waals surface area (Å²) >= 11 is 0. The molecule has 1 saturated carbocycles. The van der Waals surface area contributed by atoms with Crippen molar-refractivity contribution < 1.29 is 9.59 Å². The van der Waals surface area contributed by atoms with Crippen LogP contribution in [0.25, 0.3) is 0 Å². The fourth-order valence-electron chi connectivity index (χ4n) is 5.23. The largest absolute Gasteiger partial charge is 0.348 e. The molecule has 1 N–H and O–H groups in total. The van der Waals surface area contributed by atoms with E-state index >= 15 is 0 Å². The molecule has 2 amide bonds. The van der Waals surface area contributed by atoms with Gasteiger partial charge in [-0.25, -0.2) is 4.98 Å². The predicted molar refractivity (Wildman–Crippen MR) is 101 cm³/mol. The molecule has 4 aliphatic rings. The van der Waals surface area contributed by atoms with Gasteiger partial charge < -0.3 is 14.8 Å². The number of fused-ring (bicyclic) bond motifs is 2. The number of piperidine rings is 1. The molecule has 0 aromatic carbocycles. The average molecular weight is 368 g/mol. The number of rotatable bonds is 2. The minimum Gasteiger partial charge on any atom is -0.348 e. The van der Waals surface area contributed by atoms with Gasteiger partial charge in [-0.05, 0) is 44.9 Å². The SMILES string of the molecule is O=C(C1CC=CCC1)N1CCC2(CC1)c1nc[nH]c1CCN2C(=O)C1CC1. The van der Waals surface area contributed by atoms with Crippen molar-refractivity contribution in [3.05, 3.63) is 29.9 Å². The highest BCUT2D eigenvalue weighted by atomic mass is 16.2. The number of hydrogen-bond donors (Lipinski definition) is 1. The second kappa shape index (κ2) is 6.50. The third-order valence-corrected chi connectivity index (χ3v) is 6.97. The highest BCUT2D eigenvalue weighted by molar-refractivity contribution is 5.82. The van der Waals surface area contributed by atoms with Gasteiger partial charge in [0.15, 0.2) is 0 Å². The quantitative estimate of drug-likeness (QED) is 0.815. The topological polar surface area (TPSA) is 69.3 Å². The lowest BCUT2D eigenvalue weighted by molar-refractivity contribution is -0.147. The molecule has 144 valence electrons. The summed E-state index contributed by atoms with van der Waals surface area (Å²) in [5.41, 5.74) is 1.90. The zero-order valence-corrected chi connectivity index (χ0v) is 15.8. The fraction of sp³-hybridized carbons (Fsp3) is 0.667. The predicted octanol–water partition coefficient (Wildman–Crippen LogP) is 2.38. The van der Waals surface area contributed by atoms with Gasteiger partial charge in [0.25, 0.3) is 0 Å². The first-order valence-corrected chi connectivity index (χ1v) is 10.5. The van der Waals surface area contributed by atoms with E-state index in [0.29, 0.717) is 11.8 Å². The first-order chi connectivity index (χ1) is 13.2. The van der Waals surface area contributed by atoms with Crippen molar-refractivity contribution in [2.75, 3.05) is 19.6 Å². The summed E-state index contributed by atoms with van der Waals surface area (Å²) in [4.78, 5) is 38.1.